The number of likely N-dealkylation sites (tertiary alicyclic amines) is 1. The van der Waals surface area contributed by atoms with Crippen molar-refractivity contribution in [3.63, 3.8) is 0 Å². The molecule has 0 bridgehead atoms. The molecule has 2 aliphatic heterocycles. The third-order valence-electron chi connectivity index (χ3n) is 6.23. The summed E-state index contributed by atoms with van der Waals surface area (Å²) in [4.78, 5) is 10.4. The molecular weight excluding hydrogens is 537 g/mol. The van der Waals surface area contributed by atoms with Crippen LogP contribution in [0.15, 0.2) is 28.6 Å². The van der Waals surface area contributed by atoms with Crippen molar-refractivity contribution in [2.75, 3.05) is 51.4 Å². The molecule has 0 spiro atoms. The van der Waals surface area contributed by atoms with Crippen LogP contribution in [0.5, 0.6) is 0 Å². The minimum Gasteiger partial charge on any atom is -0.378 e. The number of pyridine rings is 1. The van der Waals surface area contributed by atoms with E-state index in [1.807, 2.05) is 4.90 Å². The molecule has 2 fully saturated rings. The normalized spacial score (nSPS) is 17.2. The summed E-state index contributed by atoms with van der Waals surface area (Å²) in [7, 11) is 3.26. The summed E-state index contributed by atoms with van der Waals surface area (Å²) in [6.07, 6.45) is -0.226. The molecule has 10 nitrogen and oxygen atoms in total. The highest BCUT2D eigenvalue weighted by atomic mass is 19.3. The molecule has 3 N–H and O–H groups in total. The van der Waals surface area contributed by atoms with E-state index in [4.69, 9.17) is 10.5 Å². The van der Waals surface area contributed by atoms with Crippen LogP contribution in [0, 0.1) is 12.7 Å². The molecular formula is C25H34F5N9O. The number of alkyl halides is 4. The smallest absolute Gasteiger partial charge is 0.260 e. The van der Waals surface area contributed by atoms with Gasteiger partial charge in [-0.3, -0.25) is 9.88 Å². The number of azo groups is 1. The zero-order valence-electron chi connectivity index (χ0n) is 22.8. The van der Waals surface area contributed by atoms with Gasteiger partial charge in [0, 0.05) is 26.9 Å². The number of anilines is 2. The number of aryl methyl sites for hydroxylation is 1. The molecule has 5 heterocycles. The van der Waals surface area contributed by atoms with E-state index < -0.39 is 18.2 Å². The van der Waals surface area contributed by atoms with Crippen molar-refractivity contribution in [1.29, 1.82) is 0 Å². The average molecular weight is 572 g/mol. The lowest BCUT2D eigenvalue weighted by Crippen LogP contribution is -2.55. The van der Waals surface area contributed by atoms with Gasteiger partial charge in [0.2, 0.25) is 12.4 Å². The number of piperidine rings is 1. The van der Waals surface area contributed by atoms with Crippen LogP contribution in [0.25, 0.3) is 16.8 Å². The number of rotatable bonds is 5. The second-order valence-electron chi connectivity index (χ2n) is 9.24. The number of hydrogen-bond acceptors (Lipinski definition) is 9. The fourth-order valence-electron chi connectivity index (χ4n) is 4.14. The minimum absolute atomic E-state index is 0.0278. The molecule has 5 rings (SSSR count). The predicted molar refractivity (Wildman–Crippen MR) is 142 cm³/mol. The van der Waals surface area contributed by atoms with Gasteiger partial charge in [-0.25, -0.2) is 26.5 Å². The lowest BCUT2D eigenvalue weighted by Gasteiger charge is -2.41. The number of aromatic nitrogens is 4. The lowest BCUT2D eigenvalue weighted by molar-refractivity contribution is -0.126. The van der Waals surface area contributed by atoms with Gasteiger partial charge in [0.25, 0.3) is 5.92 Å². The van der Waals surface area contributed by atoms with Crippen molar-refractivity contribution >= 4 is 23.0 Å². The molecule has 2 aliphatic rings. The molecule has 2 saturated heterocycles. The van der Waals surface area contributed by atoms with Crippen LogP contribution in [0.3, 0.4) is 0 Å². The molecule has 3 aromatic heterocycles. The van der Waals surface area contributed by atoms with Crippen molar-refractivity contribution in [2.45, 2.75) is 51.5 Å². The van der Waals surface area contributed by atoms with Gasteiger partial charge in [-0.2, -0.15) is 15.2 Å². The highest BCUT2D eigenvalue weighted by Crippen LogP contribution is 2.33. The van der Waals surface area contributed by atoms with Crippen LogP contribution >= 0.6 is 0 Å². The fraction of sp³-hybridized carbons (Fsp3) is 0.560. The maximum Gasteiger partial charge on any atom is 0.260 e. The Morgan fingerprint density at radius 3 is 2.48 bits per heavy atom. The van der Waals surface area contributed by atoms with Crippen molar-refractivity contribution < 1.29 is 26.7 Å². The van der Waals surface area contributed by atoms with E-state index in [9.17, 15) is 22.0 Å². The van der Waals surface area contributed by atoms with E-state index in [2.05, 4.69) is 30.6 Å². The Morgan fingerprint density at radius 2 is 1.95 bits per heavy atom. The summed E-state index contributed by atoms with van der Waals surface area (Å²) in [6, 6.07) is 3.69. The SMILES string of the molecule is CCC(F)F.CN=Nc1ccc(-c2c(F)cn3nc(N)nc(NC)c23)nc1C.FC1(F)CCCN(C2COC2)C1. The summed E-state index contributed by atoms with van der Waals surface area (Å²) in [5, 5.41) is 14.6. The average Bonchev–Trinajstić information content (AvgIpc) is 3.19. The van der Waals surface area contributed by atoms with Crippen LogP contribution in [0.2, 0.25) is 0 Å². The predicted octanol–water partition coefficient (Wildman–Crippen LogP) is 5.35. The molecule has 0 unspecified atom stereocenters. The Hall–Kier alpha value is -3.46. The highest BCUT2D eigenvalue weighted by molar-refractivity contribution is 5.88. The van der Waals surface area contributed by atoms with Crippen molar-refractivity contribution in [3.05, 3.63) is 29.8 Å². The Bertz CT molecular complexity index is 1300. The van der Waals surface area contributed by atoms with Gasteiger partial charge in [-0.15, -0.1) is 5.10 Å². The Labute approximate surface area is 228 Å². The number of fused-ring (bicyclic) bond motifs is 1. The van der Waals surface area contributed by atoms with E-state index >= 15 is 0 Å². The quantitative estimate of drug-likeness (QED) is 0.313. The van der Waals surface area contributed by atoms with Gasteiger partial charge in [0.15, 0.2) is 11.6 Å². The minimum atomic E-state index is -2.46. The standard InChI is InChI=1S/C14H15FN8.C8H13F2NO.C3H6F2/c1-7-9(21-18-3)4-5-10(19-7)11-8(15)6-23-12(11)13(17-2)20-14(16)22-23;9-8(10)2-1-3-11(6-8)7-4-12-5-7;1-2-3(4)5/h4-6H,1-3H3,(H3,16,17,20,22);7H,1-6H2;3H,2H2,1H3. The molecule has 0 aromatic carbocycles. The highest BCUT2D eigenvalue weighted by Gasteiger charge is 2.39. The van der Waals surface area contributed by atoms with Crippen LogP contribution in [0.4, 0.5) is 39.4 Å². The number of nitrogens with one attached hydrogen (secondary N) is 1. The summed E-state index contributed by atoms with van der Waals surface area (Å²) < 4.78 is 68.1. The van der Waals surface area contributed by atoms with Crippen LogP contribution in [-0.4, -0.2) is 83.3 Å². The number of nitrogens with zero attached hydrogens (tertiary/aromatic N) is 7. The molecule has 0 amide bonds. The van der Waals surface area contributed by atoms with Gasteiger partial charge < -0.3 is 15.8 Å². The summed E-state index contributed by atoms with van der Waals surface area (Å²) in [5.41, 5.74) is 8.15. The maximum atomic E-state index is 14.5. The molecule has 220 valence electrons. The number of halogens is 5. The monoisotopic (exact) mass is 571 g/mol. The second kappa shape index (κ2) is 13.7. The second-order valence-corrected chi connectivity index (χ2v) is 9.24. The van der Waals surface area contributed by atoms with Crippen molar-refractivity contribution in [1.82, 2.24) is 24.5 Å². The largest absolute Gasteiger partial charge is 0.378 e. The summed E-state index contributed by atoms with van der Waals surface area (Å²) in [5.74, 6) is -2.45. The molecule has 0 atom stereocenters. The Morgan fingerprint density at radius 1 is 1.25 bits per heavy atom. The first kappa shape index (κ1) is 31.1. The van der Waals surface area contributed by atoms with Gasteiger partial charge in [0.05, 0.1) is 48.9 Å². The van der Waals surface area contributed by atoms with Crippen molar-refractivity contribution in [2.24, 2.45) is 10.2 Å². The number of ether oxygens (including phenoxy) is 1. The van der Waals surface area contributed by atoms with Gasteiger partial charge >= 0.3 is 0 Å². The molecule has 15 heteroatoms. The Balaban J connectivity index is 0.000000215. The molecule has 3 aromatic rings. The van der Waals surface area contributed by atoms with Gasteiger partial charge in [-0.05, 0) is 32.0 Å². The summed E-state index contributed by atoms with van der Waals surface area (Å²) >= 11 is 0. The third-order valence-corrected chi connectivity index (χ3v) is 6.23. The lowest BCUT2D eigenvalue weighted by atomic mass is 10.0. The first-order valence-corrected chi connectivity index (χ1v) is 12.8. The third kappa shape index (κ3) is 7.81. The topological polar surface area (TPSA) is 118 Å². The number of hydrogen-bond donors (Lipinski definition) is 2. The fourth-order valence-corrected chi connectivity index (χ4v) is 4.14. The van der Waals surface area contributed by atoms with E-state index in [0.717, 1.165) is 6.54 Å². The van der Waals surface area contributed by atoms with Crippen molar-refractivity contribution in [3.8, 4) is 11.3 Å². The van der Waals surface area contributed by atoms with E-state index in [1.54, 1.807) is 33.2 Å². The number of nitrogen functional groups attached to an aromatic ring is 1. The van der Waals surface area contributed by atoms with Gasteiger partial charge in [0.1, 0.15) is 11.2 Å². The van der Waals surface area contributed by atoms with E-state index in [0.29, 0.717) is 53.6 Å². The Kier molecular flexibility index (Phi) is 10.7. The summed E-state index contributed by atoms with van der Waals surface area (Å²) in [6.45, 7) is 5.25. The molecule has 40 heavy (non-hydrogen) atoms. The first-order valence-electron chi connectivity index (χ1n) is 12.8. The number of nitrogens with two attached hydrogens (primary N) is 1. The first-order chi connectivity index (χ1) is 19.0. The van der Waals surface area contributed by atoms with E-state index in [-0.39, 0.29) is 31.4 Å². The van der Waals surface area contributed by atoms with E-state index in [1.165, 1.54) is 17.6 Å². The van der Waals surface area contributed by atoms with Crippen LogP contribution in [-0.2, 0) is 4.74 Å². The van der Waals surface area contributed by atoms with Gasteiger partial charge in [-0.1, -0.05) is 6.92 Å². The maximum absolute atomic E-state index is 14.5. The zero-order chi connectivity index (χ0) is 29.4. The molecule has 0 saturated carbocycles. The van der Waals surface area contributed by atoms with Crippen LogP contribution in [0.1, 0.15) is 31.9 Å². The molecule has 0 radical (unpaired) electrons. The zero-order valence-corrected chi connectivity index (χ0v) is 22.8. The van der Waals surface area contributed by atoms with Crippen LogP contribution < -0.4 is 11.1 Å². The molecule has 0 aliphatic carbocycles.